The molecule has 0 saturated carbocycles. The Balaban J connectivity index is 0. The van der Waals surface area contributed by atoms with E-state index in [-0.39, 0.29) is 38.2 Å². The molecule has 1 aromatic heterocycles. The van der Waals surface area contributed by atoms with Crippen LogP contribution >= 0.6 is 11.3 Å². The van der Waals surface area contributed by atoms with E-state index in [4.69, 9.17) is 9.31 Å². The Bertz CT molecular complexity index is 335. The van der Waals surface area contributed by atoms with Crippen molar-refractivity contribution in [3.63, 3.8) is 0 Å². The number of nitrogens with zero attached hydrogens (tertiary/aromatic N) is 1. The topological polar surface area (TPSA) is 54.4 Å². The number of rotatable bonds is 5. The number of aromatic nitrogens is 1. The van der Waals surface area contributed by atoms with E-state index in [1.807, 2.05) is 40.8 Å². The molecule has 0 saturated heterocycles. The third kappa shape index (κ3) is 12.0. The number of hydrogen-bond acceptors (Lipinski definition) is 5. The van der Waals surface area contributed by atoms with Crippen molar-refractivity contribution in [2.45, 2.75) is 66.8 Å². The second-order valence-corrected chi connectivity index (χ2v) is 6.33. The molecule has 0 aromatic carbocycles. The van der Waals surface area contributed by atoms with E-state index in [2.05, 4.69) is 4.98 Å². The molecule has 0 radical (unpaired) electrons. The molecule has 0 spiro atoms. The van der Waals surface area contributed by atoms with Gasteiger partial charge in [-0.1, -0.05) is 13.8 Å². The van der Waals surface area contributed by atoms with E-state index in [0.29, 0.717) is 0 Å². The Morgan fingerprint density at radius 3 is 1.75 bits per heavy atom. The normalized spacial score (nSPS) is 10.3. The molecular formula is C13H25BLiNO3S. The van der Waals surface area contributed by atoms with E-state index >= 15 is 0 Å². The largest absolute Gasteiger partial charge is 1.00 e. The maximum Gasteiger partial charge on any atom is 1.00 e. The summed E-state index contributed by atoms with van der Waals surface area (Å²) in [7, 11) is -0.330. The van der Waals surface area contributed by atoms with Crippen molar-refractivity contribution in [3.05, 3.63) is 11.1 Å². The molecule has 1 heterocycles. The van der Waals surface area contributed by atoms with Crippen LogP contribution in [0.15, 0.2) is 6.20 Å². The van der Waals surface area contributed by atoms with Crippen molar-refractivity contribution in [1.29, 1.82) is 0 Å². The molecule has 0 amide bonds. The molecule has 20 heavy (non-hydrogen) atoms. The molecule has 0 fully saturated rings. The first-order chi connectivity index (χ1) is 8.72. The number of aryl methyl sites for hydroxylation is 1. The molecule has 1 rings (SSSR count). The summed E-state index contributed by atoms with van der Waals surface area (Å²) < 4.78 is 11.4. The van der Waals surface area contributed by atoms with Gasteiger partial charge in [0, 0.05) is 23.3 Å². The zero-order chi connectivity index (χ0) is 15.0. The van der Waals surface area contributed by atoms with Crippen molar-refractivity contribution in [1.82, 2.24) is 4.98 Å². The van der Waals surface area contributed by atoms with Crippen molar-refractivity contribution in [2.75, 3.05) is 0 Å². The number of thiazole rings is 1. The van der Waals surface area contributed by atoms with Gasteiger partial charge >= 0.3 is 26.0 Å². The first kappa shape index (κ1) is 22.5. The maximum absolute atomic E-state index is 9.53. The van der Waals surface area contributed by atoms with Gasteiger partial charge in [-0.25, -0.2) is 0 Å². The molecule has 4 nitrogen and oxygen atoms in total. The Morgan fingerprint density at radius 1 is 1.10 bits per heavy atom. The van der Waals surface area contributed by atoms with Crippen LogP contribution in [0.5, 0.6) is 0 Å². The molecule has 0 aliphatic rings. The molecule has 110 valence electrons. The summed E-state index contributed by atoms with van der Waals surface area (Å²) in [4.78, 5) is 6.36. The monoisotopic (exact) mass is 293 g/mol. The van der Waals surface area contributed by atoms with Gasteiger partial charge in [-0.05, 0) is 34.6 Å². The van der Waals surface area contributed by atoms with Gasteiger partial charge in [-0.3, -0.25) is 4.98 Å². The van der Waals surface area contributed by atoms with Crippen LogP contribution in [0.25, 0.3) is 0 Å². The quantitative estimate of drug-likeness (QED) is 0.637. The summed E-state index contributed by atoms with van der Waals surface area (Å²) in [6, 6.07) is 0. The average molecular weight is 293 g/mol. The van der Waals surface area contributed by atoms with Crippen molar-refractivity contribution in [3.8, 4) is 0 Å². The van der Waals surface area contributed by atoms with Gasteiger partial charge in [0.25, 0.3) is 0 Å². The van der Waals surface area contributed by atoms with E-state index in [9.17, 15) is 5.11 Å². The molecule has 7 heteroatoms. The second kappa shape index (κ2) is 11.8. The molecule has 0 aliphatic heterocycles. The molecule has 0 bridgehead atoms. The summed E-state index contributed by atoms with van der Waals surface area (Å²) in [5.74, 6) is 0. The minimum absolute atomic E-state index is 0. The fourth-order valence-electron chi connectivity index (χ4n) is 1.12. The predicted molar refractivity (Wildman–Crippen MR) is 79.8 cm³/mol. The molecule has 0 atom stereocenters. The summed E-state index contributed by atoms with van der Waals surface area (Å²) in [5.41, 5.74) is 0. The molecule has 0 unspecified atom stereocenters. The van der Waals surface area contributed by atoms with E-state index in [1.54, 1.807) is 25.2 Å². The fourth-order valence-corrected chi connectivity index (χ4v) is 1.87. The van der Waals surface area contributed by atoms with E-state index < -0.39 is 6.10 Å². The summed E-state index contributed by atoms with van der Waals surface area (Å²) >= 11 is 1.62. The van der Waals surface area contributed by atoms with Gasteiger partial charge in [0.15, 0.2) is 0 Å². The number of hydrogen-bond donors (Lipinski definition) is 0. The van der Waals surface area contributed by atoms with Gasteiger partial charge in [0.05, 0.1) is 0 Å². The average Bonchev–Trinajstić information content (AvgIpc) is 2.61. The van der Waals surface area contributed by atoms with Gasteiger partial charge < -0.3 is 14.4 Å². The predicted octanol–water partition coefficient (Wildman–Crippen LogP) is -1.24. The van der Waals surface area contributed by atoms with Gasteiger partial charge in [0.2, 0.25) is 0 Å². The Morgan fingerprint density at radius 2 is 1.50 bits per heavy atom. The molecular weight excluding hydrogens is 268 g/mol. The van der Waals surface area contributed by atoms with Crippen molar-refractivity contribution in [2.24, 2.45) is 0 Å². The second-order valence-electron chi connectivity index (χ2n) is 5.06. The van der Waals surface area contributed by atoms with Crippen molar-refractivity contribution < 1.29 is 33.3 Å². The zero-order valence-corrected chi connectivity index (χ0v) is 14.8. The van der Waals surface area contributed by atoms with Crippen LogP contribution < -0.4 is 28.9 Å². The zero-order valence-electron chi connectivity index (χ0n) is 14.0. The molecule has 1 aromatic rings. The maximum atomic E-state index is 9.53. The smallest absolute Gasteiger partial charge is 0.852 e. The minimum atomic E-state index is -0.417. The fraction of sp³-hybridized carbons (Fsp3) is 0.769. The van der Waals surface area contributed by atoms with E-state index in [1.165, 1.54) is 4.88 Å². The minimum Gasteiger partial charge on any atom is -0.852 e. The third-order valence-electron chi connectivity index (χ3n) is 1.63. The first-order valence-corrected chi connectivity index (χ1v) is 7.43. The van der Waals surface area contributed by atoms with E-state index in [0.717, 1.165) is 4.91 Å². The summed E-state index contributed by atoms with van der Waals surface area (Å²) in [6.45, 7) is 13.2. The standard InChI is InChI=1S/C10H18BNO2S.C3H7O.Li/c1-7(2)13-11(14-8(3)4)10-12-6-9(5)15-10;1-3(2)4;/h6-8H,1-5H3;3H,1-2H3;/q;-1;+1. The Kier molecular flexibility index (Phi) is 13.2. The van der Waals surface area contributed by atoms with Crippen LogP contribution in [0.3, 0.4) is 0 Å². The van der Waals surface area contributed by atoms with Crippen LogP contribution in [0, 0.1) is 6.92 Å². The van der Waals surface area contributed by atoms with Crippen LogP contribution in [0.1, 0.15) is 46.4 Å². The van der Waals surface area contributed by atoms with Crippen LogP contribution in [-0.4, -0.2) is 30.4 Å². The summed E-state index contributed by atoms with van der Waals surface area (Å²) in [5, 5.41) is 9.53. The Hall–Kier alpha value is 0.172. The van der Waals surface area contributed by atoms with Crippen molar-refractivity contribution >= 4 is 23.4 Å². The summed E-state index contributed by atoms with van der Waals surface area (Å²) in [6.07, 6.45) is 1.70. The first-order valence-electron chi connectivity index (χ1n) is 6.61. The molecule has 0 N–H and O–H groups in total. The van der Waals surface area contributed by atoms with Crippen LogP contribution in [0.2, 0.25) is 0 Å². The Labute approximate surface area is 139 Å². The van der Waals surface area contributed by atoms with Crippen LogP contribution in [-0.2, 0) is 9.31 Å². The van der Waals surface area contributed by atoms with Gasteiger partial charge in [0.1, 0.15) is 4.91 Å². The SMILES string of the molecule is CC(C)[O-].Cc1cnc(B(OC(C)C)OC(C)C)s1.[Li+]. The van der Waals surface area contributed by atoms with Gasteiger partial charge in [-0.15, -0.1) is 17.4 Å². The van der Waals surface area contributed by atoms with Gasteiger partial charge in [-0.2, -0.15) is 0 Å². The third-order valence-corrected chi connectivity index (χ3v) is 2.57. The van der Waals surface area contributed by atoms with Crippen LogP contribution in [0.4, 0.5) is 0 Å². The molecule has 0 aliphatic carbocycles.